The number of benzene rings is 2. The Balaban J connectivity index is 1.38. The zero-order chi connectivity index (χ0) is 19.2. The van der Waals surface area contributed by atoms with Crippen LogP contribution in [0, 0.1) is 5.82 Å². The Labute approximate surface area is 167 Å². The van der Waals surface area contributed by atoms with Crippen LogP contribution in [0.5, 0.6) is 0 Å². The minimum absolute atomic E-state index is 0.0410. The van der Waals surface area contributed by atoms with Crippen molar-refractivity contribution in [2.45, 2.75) is 24.9 Å². The summed E-state index contributed by atoms with van der Waals surface area (Å²) in [5, 5.41) is 3.39. The van der Waals surface area contributed by atoms with Crippen LogP contribution in [0.4, 0.5) is 10.1 Å². The van der Waals surface area contributed by atoms with Crippen molar-refractivity contribution in [1.29, 1.82) is 0 Å². The number of hydrogen-bond acceptors (Lipinski definition) is 4. The second kappa shape index (κ2) is 9.03. The highest BCUT2D eigenvalue weighted by molar-refractivity contribution is 5.44. The maximum atomic E-state index is 14.1. The van der Waals surface area contributed by atoms with E-state index in [0.29, 0.717) is 5.69 Å². The van der Waals surface area contributed by atoms with Crippen LogP contribution in [0.25, 0.3) is 0 Å². The van der Waals surface area contributed by atoms with Crippen molar-refractivity contribution in [2.75, 3.05) is 51.3 Å². The van der Waals surface area contributed by atoms with Crippen molar-refractivity contribution in [3.63, 3.8) is 0 Å². The first-order chi connectivity index (χ1) is 13.8. The first-order valence-electron chi connectivity index (χ1n) is 10.3. The Hall–Kier alpha value is -1.95. The summed E-state index contributed by atoms with van der Waals surface area (Å²) >= 11 is 0. The molecule has 150 valence electrons. The maximum Gasteiger partial charge on any atom is 0.146 e. The monoisotopic (exact) mass is 383 g/mol. The Morgan fingerprint density at radius 3 is 2.29 bits per heavy atom. The summed E-state index contributed by atoms with van der Waals surface area (Å²) in [6.07, 6.45) is 1.99. The highest BCUT2D eigenvalue weighted by Gasteiger charge is 2.39. The molecule has 1 N–H and O–H groups in total. The van der Waals surface area contributed by atoms with E-state index in [0.717, 1.165) is 65.3 Å². The molecule has 2 aliphatic heterocycles. The van der Waals surface area contributed by atoms with Crippen LogP contribution in [-0.2, 0) is 11.3 Å². The molecule has 0 saturated carbocycles. The zero-order valence-electron chi connectivity index (χ0n) is 16.4. The van der Waals surface area contributed by atoms with Crippen molar-refractivity contribution in [3.8, 4) is 0 Å². The molecule has 0 unspecified atom stereocenters. The lowest BCUT2D eigenvalue weighted by molar-refractivity contribution is -0.0414. The summed E-state index contributed by atoms with van der Waals surface area (Å²) in [6, 6.07) is 17.6. The molecule has 0 radical (unpaired) electrons. The molecule has 2 aliphatic rings. The molecule has 5 heteroatoms. The SMILES string of the molecule is Fc1ccccc1NCC1(N2CCN(Cc3ccccc3)CC2)CCOCC1. The average molecular weight is 384 g/mol. The van der Waals surface area contributed by atoms with Crippen LogP contribution in [-0.4, -0.2) is 61.3 Å². The lowest BCUT2D eigenvalue weighted by Crippen LogP contribution is -2.61. The lowest BCUT2D eigenvalue weighted by Gasteiger charge is -2.50. The summed E-state index contributed by atoms with van der Waals surface area (Å²) in [7, 11) is 0. The molecule has 0 spiro atoms. The molecule has 4 rings (SSSR count). The summed E-state index contributed by atoms with van der Waals surface area (Å²) in [5.41, 5.74) is 2.01. The number of para-hydroxylation sites is 1. The third kappa shape index (κ3) is 4.54. The van der Waals surface area contributed by atoms with Crippen LogP contribution < -0.4 is 5.32 Å². The number of anilines is 1. The molecule has 0 aliphatic carbocycles. The molecule has 0 atom stereocenters. The van der Waals surface area contributed by atoms with Gasteiger partial charge in [-0.25, -0.2) is 4.39 Å². The third-order valence-corrected chi connectivity index (χ3v) is 6.20. The van der Waals surface area contributed by atoms with E-state index < -0.39 is 0 Å². The van der Waals surface area contributed by atoms with Crippen molar-refractivity contribution in [2.24, 2.45) is 0 Å². The predicted octanol–water partition coefficient (Wildman–Crippen LogP) is 3.60. The molecule has 2 aromatic rings. The van der Waals surface area contributed by atoms with Gasteiger partial charge in [-0.15, -0.1) is 0 Å². The number of nitrogens with one attached hydrogen (secondary N) is 1. The zero-order valence-corrected chi connectivity index (χ0v) is 16.4. The van der Waals surface area contributed by atoms with E-state index in [1.807, 2.05) is 12.1 Å². The molecule has 2 aromatic carbocycles. The fourth-order valence-electron chi connectivity index (χ4n) is 4.44. The van der Waals surface area contributed by atoms with Crippen LogP contribution >= 0.6 is 0 Å². The molecule has 28 heavy (non-hydrogen) atoms. The van der Waals surface area contributed by atoms with Gasteiger partial charge < -0.3 is 10.1 Å². The predicted molar refractivity (Wildman–Crippen MR) is 111 cm³/mol. The van der Waals surface area contributed by atoms with Crippen molar-refractivity contribution < 1.29 is 9.13 Å². The van der Waals surface area contributed by atoms with Crippen LogP contribution in [0.15, 0.2) is 54.6 Å². The summed E-state index contributed by atoms with van der Waals surface area (Å²) < 4.78 is 19.7. The van der Waals surface area contributed by atoms with Gasteiger partial charge in [0.2, 0.25) is 0 Å². The van der Waals surface area contributed by atoms with Gasteiger partial charge in [-0.05, 0) is 30.5 Å². The molecule has 2 saturated heterocycles. The van der Waals surface area contributed by atoms with Gasteiger partial charge in [0.15, 0.2) is 0 Å². The molecule has 2 fully saturated rings. The molecule has 0 amide bonds. The summed E-state index contributed by atoms with van der Waals surface area (Å²) in [6.45, 7) is 7.56. The standard InChI is InChI=1S/C23H30FN3O/c24-21-8-4-5-9-22(21)25-19-23(10-16-28-17-11-23)27-14-12-26(13-15-27)18-20-6-2-1-3-7-20/h1-9,25H,10-19H2. The highest BCUT2D eigenvalue weighted by atomic mass is 19.1. The van der Waals surface area contributed by atoms with E-state index in [9.17, 15) is 4.39 Å². The molecular formula is C23H30FN3O. The van der Waals surface area contributed by atoms with Gasteiger partial charge in [0.25, 0.3) is 0 Å². The van der Waals surface area contributed by atoms with Crippen molar-refractivity contribution in [3.05, 3.63) is 66.0 Å². The molecular weight excluding hydrogens is 353 g/mol. The normalized spacial score (nSPS) is 20.8. The van der Waals surface area contributed by atoms with Gasteiger partial charge in [-0.3, -0.25) is 9.80 Å². The number of halogens is 1. The number of piperazine rings is 1. The van der Waals surface area contributed by atoms with Crippen LogP contribution in [0.3, 0.4) is 0 Å². The number of ether oxygens (including phenoxy) is 1. The van der Waals surface area contributed by atoms with Gasteiger partial charge >= 0.3 is 0 Å². The average Bonchev–Trinajstić information content (AvgIpc) is 2.75. The van der Waals surface area contributed by atoms with Gasteiger partial charge in [0, 0.05) is 58.0 Å². The van der Waals surface area contributed by atoms with E-state index >= 15 is 0 Å². The highest BCUT2D eigenvalue weighted by Crippen LogP contribution is 2.30. The van der Waals surface area contributed by atoms with Crippen molar-refractivity contribution in [1.82, 2.24) is 9.80 Å². The van der Waals surface area contributed by atoms with Gasteiger partial charge in [0.1, 0.15) is 5.82 Å². The first kappa shape index (κ1) is 19.4. The second-order valence-electron chi connectivity index (χ2n) is 7.92. The van der Waals surface area contributed by atoms with E-state index in [-0.39, 0.29) is 11.4 Å². The van der Waals surface area contributed by atoms with Gasteiger partial charge in [0.05, 0.1) is 5.69 Å². The fourth-order valence-corrected chi connectivity index (χ4v) is 4.44. The summed E-state index contributed by atoms with van der Waals surface area (Å²) in [4.78, 5) is 5.15. The second-order valence-corrected chi connectivity index (χ2v) is 7.92. The minimum atomic E-state index is -0.183. The number of nitrogens with zero attached hydrogens (tertiary/aromatic N) is 2. The Bertz CT molecular complexity index is 741. The molecule has 4 nitrogen and oxygen atoms in total. The topological polar surface area (TPSA) is 27.7 Å². The Kier molecular flexibility index (Phi) is 6.25. The molecule has 0 aromatic heterocycles. The number of hydrogen-bond donors (Lipinski definition) is 1. The van der Waals surface area contributed by atoms with E-state index in [2.05, 4.69) is 45.4 Å². The minimum Gasteiger partial charge on any atom is -0.381 e. The van der Waals surface area contributed by atoms with E-state index in [1.54, 1.807) is 6.07 Å². The Morgan fingerprint density at radius 1 is 0.893 bits per heavy atom. The summed E-state index contributed by atoms with van der Waals surface area (Å²) in [5.74, 6) is -0.183. The Morgan fingerprint density at radius 2 is 1.57 bits per heavy atom. The quantitative estimate of drug-likeness (QED) is 0.825. The first-order valence-corrected chi connectivity index (χ1v) is 10.3. The van der Waals surface area contributed by atoms with E-state index in [4.69, 9.17) is 4.74 Å². The van der Waals surface area contributed by atoms with Crippen LogP contribution in [0.2, 0.25) is 0 Å². The van der Waals surface area contributed by atoms with Crippen LogP contribution in [0.1, 0.15) is 18.4 Å². The maximum absolute atomic E-state index is 14.1. The third-order valence-electron chi connectivity index (χ3n) is 6.20. The van der Waals surface area contributed by atoms with Crippen molar-refractivity contribution >= 4 is 5.69 Å². The molecule has 2 heterocycles. The smallest absolute Gasteiger partial charge is 0.146 e. The lowest BCUT2D eigenvalue weighted by atomic mass is 9.87. The largest absolute Gasteiger partial charge is 0.381 e. The number of rotatable bonds is 6. The van der Waals surface area contributed by atoms with E-state index in [1.165, 1.54) is 11.6 Å². The molecule has 0 bridgehead atoms. The fraction of sp³-hybridized carbons (Fsp3) is 0.478. The van der Waals surface area contributed by atoms with Gasteiger partial charge in [-0.1, -0.05) is 42.5 Å². The van der Waals surface area contributed by atoms with Gasteiger partial charge in [-0.2, -0.15) is 0 Å².